The molecule has 0 bridgehead atoms. The molecule has 5 heteroatoms. The molecule has 0 aliphatic carbocycles. The Morgan fingerprint density at radius 3 is 2.74 bits per heavy atom. The Hall–Kier alpha value is -1.33. The van der Waals surface area contributed by atoms with Crippen LogP contribution in [0.25, 0.3) is 0 Å². The highest BCUT2D eigenvalue weighted by molar-refractivity contribution is 7.99. The molecule has 1 amide bonds. The first-order valence-corrected chi connectivity index (χ1v) is 7.78. The van der Waals surface area contributed by atoms with Crippen molar-refractivity contribution < 1.29 is 9.18 Å². The van der Waals surface area contributed by atoms with Crippen LogP contribution in [0.2, 0.25) is 0 Å². The molecular formula is C14H14FNOS2. The number of benzene rings is 1. The Morgan fingerprint density at radius 2 is 2.05 bits per heavy atom. The normalized spacial score (nSPS) is 10.4. The summed E-state index contributed by atoms with van der Waals surface area (Å²) in [7, 11) is 0. The van der Waals surface area contributed by atoms with Crippen molar-refractivity contribution in [2.75, 3.05) is 5.75 Å². The first-order valence-electron chi connectivity index (χ1n) is 5.91. The molecule has 2 rings (SSSR count). The summed E-state index contributed by atoms with van der Waals surface area (Å²) in [5, 5.41) is 4.87. The Morgan fingerprint density at radius 1 is 1.26 bits per heavy atom. The van der Waals surface area contributed by atoms with Crippen molar-refractivity contribution in [2.45, 2.75) is 17.9 Å². The number of thioether (sulfide) groups is 1. The van der Waals surface area contributed by atoms with E-state index in [1.165, 1.54) is 12.1 Å². The quantitative estimate of drug-likeness (QED) is 0.824. The summed E-state index contributed by atoms with van der Waals surface area (Å²) >= 11 is 3.19. The molecule has 1 aromatic carbocycles. The smallest absolute Gasteiger partial charge is 0.221 e. The Labute approximate surface area is 120 Å². The fraction of sp³-hybridized carbons (Fsp3) is 0.214. The van der Waals surface area contributed by atoms with E-state index in [4.69, 9.17) is 0 Å². The molecule has 0 saturated carbocycles. The van der Waals surface area contributed by atoms with Crippen LogP contribution in [-0.2, 0) is 11.3 Å². The monoisotopic (exact) mass is 295 g/mol. The van der Waals surface area contributed by atoms with E-state index in [9.17, 15) is 9.18 Å². The van der Waals surface area contributed by atoms with E-state index in [0.717, 1.165) is 9.77 Å². The third kappa shape index (κ3) is 5.04. The van der Waals surface area contributed by atoms with Gasteiger partial charge in [0.25, 0.3) is 0 Å². The van der Waals surface area contributed by atoms with Crippen molar-refractivity contribution >= 4 is 29.0 Å². The van der Waals surface area contributed by atoms with Gasteiger partial charge in [-0.1, -0.05) is 6.07 Å². The summed E-state index contributed by atoms with van der Waals surface area (Å²) in [5.74, 6) is 0.503. The van der Waals surface area contributed by atoms with Crippen LogP contribution in [0.15, 0.2) is 46.7 Å². The molecule has 0 unspecified atom stereocenters. The molecule has 2 nitrogen and oxygen atoms in total. The zero-order valence-electron chi connectivity index (χ0n) is 10.3. The minimum absolute atomic E-state index is 0.0445. The zero-order chi connectivity index (χ0) is 13.5. The van der Waals surface area contributed by atoms with Gasteiger partial charge in [-0.2, -0.15) is 0 Å². The van der Waals surface area contributed by atoms with Crippen LogP contribution in [0, 0.1) is 5.82 Å². The van der Waals surface area contributed by atoms with Gasteiger partial charge in [0, 0.05) is 21.9 Å². The standard InChI is InChI=1S/C14H14FNOS2/c15-11-3-5-12(6-4-11)19-9-7-14(17)16-10-13-2-1-8-18-13/h1-6,8H,7,9-10H2,(H,16,17). The number of halogens is 1. The maximum atomic E-state index is 12.7. The van der Waals surface area contributed by atoms with E-state index in [-0.39, 0.29) is 11.7 Å². The maximum Gasteiger partial charge on any atom is 0.221 e. The fourth-order valence-corrected chi connectivity index (χ4v) is 2.98. The number of rotatable bonds is 6. The van der Waals surface area contributed by atoms with E-state index in [0.29, 0.717) is 18.7 Å². The van der Waals surface area contributed by atoms with Gasteiger partial charge in [-0.3, -0.25) is 4.79 Å². The summed E-state index contributed by atoms with van der Waals surface area (Å²) in [4.78, 5) is 13.7. The minimum Gasteiger partial charge on any atom is -0.351 e. The number of thiophene rings is 1. The second-order valence-corrected chi connectivity index (χ2v) is 6.11. The van der Waals surface area contributed by atoms with Gasteiger partial charge >= 0.3 is 0 Å². The molecule has 0 fully saturated rings. The molecule has 0 aliphatic rings. The lowest BCUT2D eigenvalue weighted by Crippen LogP contribution is -2.22. The Bertz CT molecular complexity index is 511. The summed E-state index contributed by atoms with van der Waals surface area (Å²) in [6.07, 6.45) is 0.466. The molecule has 2 aromatic rings. The SMILES string of the molecule is O=C(CCSc1ccc(F)cc1)NCc1cccs1. The van der Waals surface area contributed by atoms with Gasteiger partial charge in [-0.25, -0.2) is 4.39 Å². The molecule has 0 saturated heterocycles. The van der Waals surface area contributed by atoms with Gasteiger partial charge < -0.3 is 5.32 Å². The number of nitrogens with one attached hydrogen (secondary N) is 1. The molecule has 1 N–H and O–H groups in total. The van der Waals surface area contributed by atoms with Crippen LogP contribution in [-0.4, -0.2) is 11.7 Å². The average molecular weight is 295 g/mol. The van der Waals surface area contributed by atoms with E-state index in [2.05, 4.69) is 5.32 Å². The van der Waals surface area contributed by atoms with Gasteiger partial charge in [-0.05, 0) is 35.7 Å². The summed E-state index contributed by atoms with van der Waals surface area (Å²) in [5.41, 5.74) is 0. The average Bonchev–Trinajstić information content (AvgIpc) is 2.92. The Balaban J connectivity index is 1.65. The molecular weight excluding hydrogens is 281 g/mol. The third-order valence-corrected chi connectivity index (χ3v) is 4.34. The molecule has 19 heavy (non-hydrogen) atoms. The number of hydrogen-bond acceptors (Lipinski definition) is 3. The van der Waals surface area contributed by atoms with E-state index in [1.807, 2.05) is 17.5 Å². The molecule has 0 spiro atoms. The highest BCUT2D eigenvalue weighted by atomic mass is 32.2. The first kappa shape index (κ1) is 14.1. The summed E-state index contributed by atoms with van der Waals surface area (Å²) in [6.45, 7) is 0.595. The molecule has 1 aromatic heterocycles. The Kier molecular flexibility index (Phi) is 5.42. The summed E-state index contributed by atoms with van der Waals surface area (Å²) < 4.78 is 12.7. The van der Waals surface area contributed by atoms with Crippen LogP contribution in [0.3, 0.4) is 0 Å². The van der Waals surface area contributed by atoms with Crippen molar-refractivity contribution in [3.8, 4) is 0 Å². The van der Waals surface area contributed by atoms with Crippen LogP contribution < -0.4 is 5.32 Å². The number of carbonyl (C=O) groups is 1. The van der Waals surface area contributed by atoms with Crippen molar-refractivity contribution in [1.82, 2.24) is 5.32 Å². The second kappa shape index (κ2) is 7.31. The number of amides is 1. The maximum absolute atomic E-state index is 12.7. The van der Waals surface area contributed by atoms with Gasteiger partial charge in [-0.15, -0.1) is 23.1 Å². The first-order chi connectivity index (χ1) is 9.24. The van der Waals surface area contributed by atoms with Crippen LogP contribution in [0.1, 0.15) is 11.3 Å². The second-order valence-electron chi connectivity index (χ2n) is 3.91. The van der Waals surface area contributed by atoms with E-state index < -0.39 is 0 Å². The predicted molar refractivity (Wildman–Crippen MR) is 77.9 cm³/mol. The summed E-state index contributed by atoms with van der Waals surface area (Å²) in [6, 6.07) is 10.3. The largest absolute Gasteiger partial charge is 0.351 e. The minimum atomic E-state index is -0.238. The molecule has 100 valence electrons. The lowest BCUT2D eigenvalue weighted by Gasteiger charge is -2.04. The molecule has 0 aliphatic heterocycles. The van der Waals surface area contributed by atoms with Crippen molar-refractivity contribution in [1.29, 1.82) is 0 Å². The zero-order valence-corrected chi connectivity index (χ0v) is 11.9. The molecule has 0 atom stereocenters. The van der Waals surface area contributed by atoms with Crippen molar-refractivity contribution in [2.24, 2.45) is 0 Å². The number of carbonyl (C=O) groups excluding carboxylic acids is 1. The van der Waals surface area contributed by atoms with E-state index in [1.54, 1.807) is 35.2 Å². The highest BCUT2D eigenvalue weighted by Crippen LogP contribution is 2.18. The van der Waals surface area contributed by atoms with E-state index >= 15 is 0 Å². The van der Waals surface area contributed by atoms with Crippen molar-refractivity contribution in [3.63, 3.8) is 0 Å². The van der Waals surface area contributed by atoms with Crippen LogP contribution in [0.5, 0.6) is 0 Å². The molecule has 0 radical (unpaired) electrons. The highest BCUT2D eigenvalue weighted by Gasteiger charge is 2.02. The van der Waals surface area contributed by atoms with Crippen LogP contribution in [0.4, 0.5) is 4.39 Å². The topological polar surface area (TPSA) is 29.1 Å². The van der Waals surface area contributed by atoms with Crippen molar-refractivity contribution in [3.05, 3.63) is 52.5 Å². The fourth-order valence-electron chi connectivity index (χ4n) is 1.48. The lowest BCUT2D eigenvalue weighted by molar-refractivity contribution is -0.120. The van der Waals surface area contributed by atoms with Gasteiger partial charge in [0.15, 0.2) is 0 Å². The number of hydrogen-bond donors (Lipinski definition) is 1. The third-order valence-electron chi connectivity index (χ3n) is 2.45. The molecule has 1 heterocycles. The van der Waals surface area contributed by atoms with Gasteiger partial charge in [0.2, 0.25) is 5.91 Å². The van der Waals surface area contributed by atoms with Crippen LogP contribution >= 0.6 is 23.1 Å². The van der Waals surface area contributed by atoms with Gasteiger partial charge in [0.1, 0.15) is 5.82 Å². The predicted octanol–water partition coefficient (Wildman–Crippen LogP) is 3.69. The van der Waals surface area contributed by atoms with Gasteiger partial charge in [0.05, 0.1) is 6.54 Å². The lowest BCUT2D eigenvalue weighted by atomic mass is 10.4.